The van der Waals surface area contributed by atoms with Crippen LogP contribution in [0.4, 0.5) is 0 Å². The summed E-state index contributed by atoms with van der Waals surface area (Å²) < 4.78 is 7.22. The van der Waals surface area contributed by atoms with Gasteiger partial charge in [0, 0.05) is 53.1 Å². The van der Waals surface area contributed by atoms with Crippen molar-refractivity contribution in [2.75, 3.05) is 0 Å². The maximum Gasteiger partial charge on any atom is 0.0992 e. The van der Waals surface area contributed by atoms with Gasteiger partial charge in [0.05, 0.1) is 33.7 Å². The summed E-state index contributed by atoms with van der Waals surface area (Å²) in [6.07, 6.45) is 0. The van der Waals surface area contributed by atoms with E-state index >= 15 is 0 Å². The fourth-order valence-corrected chi connectivity index (χ4v) is 7.62. The van der Waals surface area contributed by atoms with Crippen molar-refractivity contribution in [2.45, 2.75) is 0 Å². The van der Waals surface area contributed by atoms with E-state index in [2.05, 4.69) is 130 Å². The van der Waals surface area contributed by atoms with E-state index in [-0.39, 0.29) is 0 Å². The highest BCUT2D eigenvalue weighted by Crippen LogP contribution is 2.40. The Kier molecular flexibility index (Phi) is 4.55. The quantitative estimate of drug-likeness (QED) is 0.215. The Morgan fingerprint density at radius 3 is 1.41 bits per heavy atom. The van der Waals surface area contributed by atoms with Crippen LogP contribution in [0.25, 0.3) is 75.2 Å². The minimum Gasteiger partial charge on any atom is -0.309 e. The summed E-state index contributed by atoms with van der Waals surface area (Å²) in [7, 11) is 0. The van der Waals surface area contributed by atoms with E-state index in [0.717, 1.165) is 27.8 Å². The molecule has 0 bridgehead atoms. The molecule has 6 aromatic carbocycles. The molecule has 190 valence electrons. The van der Waals surface area contributed by atoms with E-state index in [0.29, 0.717) is 5.56 Å². The minimum absolute atomic E-state index is 0.666. The monoisotopic (exact) mass is 539 g/mol. The molecular formula is C37H21N3S. The molecule has 0 radical (unpaired) electrons. The molecule has 9 rings (SSSR count). The largest absolute Gasteiger partial charge is 0.309 e. The summed E-state index contributed by atoms with van der Waals surface area (Å²) in [5.41, 5.74) is 7.55. The number of nitriles is 1. The number of rotatable bonds is 2. The maximum absolute atomic E-state index is 9.64. The molecule has 0 spiro atoms. The van der Waals surface area contributed by atoms with Gasteiger partial charge in [0.1, 0.15) is 0 Å². The number of nitrogens with zero attached hydrogens (tertiary/aromatic N) is 3. The Hall–Kier alpha value is -5.37. The minimum atomic E-state index is 0.666. The van der Waals surface area contributed by atoms with Crippen LogP contribution in [0, 0.1) is 11.3 Å². The average Bonchev–Trinajstić information content (AvgIpc) is 3.67. The molecule has 0 aliphatic carbocycles. The summed E-state index contributed by atoms with van der Waals surface area (Å²) in [6, 6.07) is 47.7. The first kappa shape index (κ1) is 22.4. The van der Waals surface area contributed by atoms with Gasteiger partial charge in [-0.1, -0.05) is 60.7 Å². The number of benzene rings is 6. The number of fused-ring (bicyclic) bond motifs is 9. The van der Waals surface area contributed by atoms with Crippen LogP contribution in [0.15, 0.2) is 127 Å². The second kappa shape index (κ2) is 8.32. The van der Waals surface area contributed by atoms with Gasteiger partial charge in [-0.05, 0) is 66.7 Å². The first-order valence-corrected chi connectivity index (χ1v) is 14.5. The average molecular weight is 540 g/mol. The SMILES string of the molecule is N#Cc1ccc2c3ccccc3n(-c3ccc4sc5ccc(-n6c7ccccc7c7ccccc76)cc5c4c3)c2c1. The summed E-state index contributed by atoms with van der Waals surface area (Å²) >= 11 is 1.83. The molecule has 3 aromatic heterocycles. The van der Waals surface area contributed by atoms with E-state index in [9.17, 15) is 5.26 Å². The van der Waals surface area contributed by atoms with Gasteiger partial charge in [-0.3, -0.25) is 0 Å². The Morgan fingerprint density at radius 1 is 0.439 bits per heavy atom. The van der Waals surface area contributed by atoms with E-state index < -0.39 is 0 Å². The van der Waals surface area contributed by atoms with Crippen LogP contribution in [0.2, 0.25) is 0 Å². The van der Waals surface area contributed by atoms with Crippen molar-refractivity contribution in [1.82, 2.24) is 9.13 Å². The number of hydrogen-bond acceptors (Lipinski definition) is 2. The van der Waals surface area contributed by atoms with E-state index in [4.69, 9.17) is 0 Å². The van der Waals surface area contributed by atoms with Crippen molar-refractivity contribution in [3.63, 3.8) is 0 Å². The molecule has 0 aliphatic rings. The van der Waals surface area contributed by atoms with Gasteiger partial charge < -0.3 is 9.13 Å². The predicted molar refractivity (Wildman–Crippen MR) is 173 cm³/mol. The third-order valence-electron chi connectivity index (χ3n) is 8.34. The van der Waals surface area contributed by atoms with Crippen LogP contribution in [0.3, 0.4) is 0 Å². The van der Waals surface area contributed by atoms with Crippen LogP contribution in [-0.2, 0) is 0 Å². The molecule has 0 fully saturated rings. The second-order valence-electron chi connectivity index (χ2n) is 10.5. The Labute approximate surface area is 239 Å². The van der Waals surface area contributed by atoms with Crippen molar-refractivity contribution in [2.24, 2.45) is 0 Å². The Bertz CT molecular complexity index is 2500. The number of para-hydroxylation sites is 3. The van der Waals surface area contributed by atoms with Gasteiger partial charge in [-0.2, -0.15) is 5.26 Å². The fraction of sp³-hybridized carbons (Fsp3) is 0. The molecule has 0 saturated carbocycles. The normalized spacial score (nSPS) is 11.9. The summed E-state index contributed by atoms with van der Waals surface area (Å²) in [4.78, 5) is 0. The fourth-order valence-electron chi connectivity index (χ4n) is 6.55. The lowest BCUT2D eigenvalue weighted by Crippen LogP contribution is -1.94. The van der Waals surface area contributed by atoms with Crippen LogP contribution in [0.1, 0.15) is 5.56 Å². The van der Waals surface area contributed by atoms with Crippen molar-refractivity contribution in [3.8, 4) is 17.4 Å². The molecule has 0 aliphatic heterocycles. The third-order valence-corrected chi connectivity index (χ3v) is 9.49. The van der Waals surface area contributed by atoms with Gasteiger partial charge in [0.25, 0.3) is 0 Å². The van der Waals surface area contributed by atoms with Crippen LogP contribution in [-0.4, -0.2) is 9.13 Å². The lowest BCUT2D eigenvalue weighted by molar-refractivity contribution is 1.18. The van der Waals surface area contributed by atoms with Gasteiger partial charge in [0.2, 0.25) is 0 Å². The zero-order valence-corrected chi connectivity index (χ0v) is 22.7. The number of thiophene rings is 1. The third kappa shape index (κ3) is 3.12. The van der Waals surface area contributed by atoms with Gasteiger partial charge in [-0.15, -0.1) is 11.3 Å². The van der Waals surface area contributed by atoms with Crippen molar-refractivity contribution in [1.29, 1.82) is 5.26 Å². The molecule has 4 heteroatoms. The van der Waals surface area contributed by atoms with E-state index in [1.807, 2.05) is 23.5 Å². The van der Waals surface area contributed by atoms with Crippen molar-refractivity contribution in [3.05, 3.63) is 133 Å². The maximum atomic E-state index is 9.64. The molecule has 3 nitrogen and oxygen atoms in total. The van der Waals surface area contributed by atoms with Gasteiger partial charge >= 0.3 is 0 Å². The highest BCUT2D eigenvalue weighted by Gasteiger charge is 2.16. The van der Waals surface area contributed by atoms with Crippen molar-refractivity contribution < 1.29 is 0 Å². The summed E-state index contributed by atoms with van der Waals surface area (Å²) in [6.45, 7) is 0. The molecule has 3 heterocycles. The molecule has 0 N–H and O–H groups in total. The highest BCUT2D eigenvalue weighted by atomic mass is 32.1. The Morgan fingerprint density at radius 2 is 0.902 bits per heavy atom. The topological polar surface area (TPSA) is 33.6 Å². The standard InChI is InChI=1S/C37H21N3S/c38-22-23-13-16-29-28-9-3-6-12-34(28)40(35(29)19-23)25-15-18-37-31(21-25)30-20-24(14-17-36(30)41-37)39-32-10-4-1-7-26(32)27-8-2-5-11-33(27)39/h1-21H. The summed E-state index contributed by atoms with van der Waals surface area (Å²) in [5.74, 6) is 0. The van der Waals surface area contributed by atoms with E-state index in [1.165, 1.54) is 47.4 Å². The zero-order valence-electron chi connectivity index (χ0n) is 21.9. The molecular weight excluding hydrogens is 518 g/mol. The molecule has 0 atom stereocenters. The predicted octanol–water partition coefficient (Wildman–Crippen LogP) is 10.1. The molecule has 0 amide bonds. The Balaban J connectivity index is 1.32. The van der Waals surface area contributed by atoms with Crippen LogP contribution < -0.4 is 0 Å². The molecule has 9 aromatic rings. The summed E-state index contributed by atoms with van der Waals surface area (Å²) in [5, 5.41) is 17.0. The molecule has 0 saturated heterocycles. The van der Waals surface area contributed by atoms with Gasteiger partial charge in [-0.25, -0.2) is 0 Å². The lowest BCUT2D eigenvalue weighted by Gasteiger charge is -2.09. The number of hydrogen-bond donors (Lipinski definition) is 0. The molecule has 0 unspecified atom stereocenters. The van der Waals surface area contributed by atoms with Gasteiger partial charge in [0.15, 0.2) is 0 Å². The first-order chi connectivity index (χ1) is 20.3. The lowest BCUT2D eigenvalue weighted by atomic mass is 10.1. The van der Waals surface area contributed by atoms with Crippen LogP contribution in [0.5, 0.6) is 0 Å². The van der Waals surface area contributed by atoms with E-state index in [1.54, 1.807) is 0 Å². The first-order valence-electron chi connectivity index (χ1n) is 13.7. The second-order valence-corrected chi connectivity index (χ2v) is 11.6. The van der Waals surface area contributed by atoms with Crippen LogP contribution >= 0.6 is 11.3 Å². The highest BCUT2D eigenvalue weighted by molar-refractivity contribution is 7.25. The number of aromatic nitrogens is 2. The smallest absolute Gasteiger partial charge is 0.0992 e. The molecule has 41 heavy (non-hydrogen) atoms. The van der Waals surface area contributed by atoms with Crippen molar-refractivity contribution >= 4 is 75.1 Å². The zero-order chi connectivity index (χ0) is 27.1.